The maximum Gasteiger partial charge on any atom is 0.344 e. The third kappa shape index (κ3) is 1.76. The summed E-state index contributed by atoms with van der Waals surface area (Å²) in [6.07, 6.45) is 1.74. The Morgan fingerprint density at radius 2 is 2.05 bits per heavy atom. The number of anilines is 1. The van der Waals surface area contributed by atoms with Gasteiger partial charge >= 0.3 is 5.63 Å². The van der Waals surface area contributed by atoms with E-state index in [1.807, 2.05) is 32.0 Å². The van der Waals surface area contributed by atoms with Crippen molar-refractivity contribution in [3.63, 3.8) is 0 Å². The van der Waals surface area contributed by atoms with E-state index in [1.165, 1.54) is 0 Å². The Labute approximate surface area is 110 Å². The molecular weight excluding hydrogens is 240 g/mol. The number of hydrogen-bond acceptors (Lipinski definition) is 4. The third-order valence-corrected chi connectivity index (χ3v) is 3.25. The highest BCUT2D eigenvalue weighted by Gasteiger charge is 2.12. The molecule has 0 saturated carbocycles. The first kappa shape index (κ1) is 11.7. The highest BCUT2D eigenvalue weighted by molar-refractivity contribution is 6.05. The molecule has 0 unspecified atom stereocenters. The molecule has 0 fully saturated rings. The van der Waals surface area contributed by atoms with Gasteiger partial charge in [-0.15, -0.1) is 0 Å². The molecule has 2 heterocycles. The normalized spacial score (nSPS) is 11.1. The first-order valence-electron chi connectivity index (χ1n) is 6.27. The number of benzene rings is 1. The number of rotatable bonds is 2. The van der Waals surface area contributed by atoms with Crippen LogP contribution >= 0.6 is 0 Å². The summed E-state index contributed by atoms with van der Waals surface area (Å²) in [6.45, 7) is 4.64. The Balaban J connectivity index is 2.48. The van der Waals surface area contributed by atoms with Gasteiger partial charge in [-0.1, -0.05) is 18.2 Å². The Morgan fingerprint density at radius 1 is 1.26 bits per heavy atom. The van der Waals surface area contributed by atoms with Crippen molar-refractivity contribution in [2.75, 3.05) is 11.9 Å². The van der Waals surface area contributed by atoms with Crippen LogP contribution in [0.5, 0.6) is 0 Å². The van der Waals surface area contributed by atoms with Gasteiger partial charge in [0.25, 0.3) is 0 Å². The lowest BCUT2D eigenvalue weighted by Gasteiger charge is -2.09. The zero-order valence-electron chi connectivity index (χ0n) is 10.9. The van der Waals surface area contributed by atoms with Gasteiger partial charge in [-0.05, 0) is 19.9 Å². The number of aryl methyl sites for hydroxylation is 1. The fourth-order valence-electron chi connectivity index (χ4n) is 2.35. The van der Waals surface area contributed by atoms with E-state index in [4.69, 9.17) is 4.42 Å². The van der Waals surface area contributed by atoms with Gasteiger partial charge in [0.2, 0.25) is 0 Å². The number of nitrogens with zero attached hydrogens (tertiary/aromatic N) is 1. The largest absolute Gasteiger partial charge is 0.422 e. The zero-order chi connectivity index (χ0) is 13.4. The van der Waals surface area contributed by atoms with Gasteiger partial charge in [-0.3, -0.25) is 0 Å². The Bertz CT molecular complexity index is 821. The van der Waals surface area contributed by atoms with E-state index in [-0.39, 0.29) is 5.63 Å². The number of hydrogen-bond donors (Lipinski definition) is 1. The second kappa shape index (κ2) is 4.39. The van der Waals surface area contributed by atoms with Crippen LogP contribution in [0.4, 0.5) is 5.82 Å². The Kier molecular flexibility index (Phi) is 2.71. The van der Waals surface area contributed by atoms with E-state index in [2.05, 4.69) is 10.3 Å². The molecule has 0 amide bonds. The molecule has 1 N–H and O–H groups in total. The number of para-hydroxylation sites is 1. The lowest BCUT2D eigenvalue weighted by molar-refractivity contribution is 0.569. The predicted molar refractivity (Wildman–Crippen MR) is 76.7 cm³/mol. The molecule has 0 aliphatic carbocycles. The Hall–Kier alpha value is -2.36. The van der Waals surface area contributed by atoms with Crippen LogP contribution in [0, 0.1) is 6.92 Å². The van der Waals surface area contributed by atoms with Crippen molar-refractivity contribution in [2.24, 2.45) is 0 Å². The highest BCUT2D eigenvalue weighted by Crippen LogP contribution is 2.26. The van der Waals surface area contributed by atoms with Crippen LogP contribution in [-0.2, 0) is 0 Å². The van der Waals surface area contributed by atoms with Crippen molar-refractivity contribution in [1.82, 2.24) is 4.98 Å². The molecule has 2 aromatic heterocycles. The van der Waals surface area contributed by atoms with Crippen molar-refractivity contribution in [2.45, 2.75) is 13.8 Å². The summed E-state index contributed by atoms with van der Waals surface area (Å²) in [5.74, 6) is 0.734. The maximum atomic E-state index is 12.1. The van der Waals surface area contributed by atoms with Crippen LogP contribution in [0.25, 0.3) is 21.7 Å². The quantitative estimate of drug-likeness (QED) is 0.564. The van der Waals surface area contributed by atoms with Crippen molar-refractivity contribution in [1.29, 1.82) is 0 Å². The minimum absolute atomic E-state index is 0.312. The van der Waals surface area contributed by atoms with Gasteiger partial charge < -0.3 is 9.73 Å². The number of aromatic nitrogens is 1. The summed E-state index contributed by atoms with van der Waals surface area (Å²) in [5, 5.41) is 5.50. The van der Waals surface area contributed by atoms with E-state index >= 15 is 0 Å². The molecule has 4 nitrogen and oxygen atoms in total. The van der Waals surface area contributed by atoms with Crippen molar-refractivity contribution in [3.05, 3.63) is 46.4 Å². The second-order valence-electron chi connectivity index (χ2n) is 4.44. The molecule has 0 radical (unpaired) electrons. The molecule has 0 aliphatic heterocycles. The van der Waals surface area contributed by atoms with Crippen LogP contribution in [0.15, 0.2) is 39.7 Å². The lowest BCUT2D eigenvalue weighted by Crippen LogP contribution is -2.07. The molecule has 0 spiro atoms. The highest BCUT2D eigenvalue weighted by atomic mass is 16.4. The molecule has 1 aromatic carbocycles. The fourth-order valence-corrected chi connectivity index (χ4v) is 2.35. The van der Waals surface area contributed by atoms with Crippen LogP contribution in [0.1, 0.15) is 12.5 Å². The first-order valence-corrected chi connectivity index (χ1v) is 6.27. The zero-order valence-corrected chi connectivity index (χ0v) is 10.9. The number of fused-ring (bicyclic) bond motifs is 3. The van der Waals surface area contributed by atoms with Crippen LogP contribution in [0.2, 0.25) is 0 Å². The topological polar surface area (TPSA) is 55.1 Å². The molecule has 0 aliphatic rings. The average Bonchev–Trinajstić information content (AvgIpc) is 2.41. The van der Waals surface area contributed by atoms with Crippen LogP contribution < -0.4 is 10.9 Å². The summed E-state index contributed by atoms with van der Waals surface area (Å²) in [4.78, 5) is 16.5. The predicted octanol–water partition coefficient (Wildman–Crippen LogP) is 3.08. The Morgan fingerprint density at radius 3 is 2.84 bits per heavy atom. The first-order chi connectivity index (χ1) is 9.22. The molecule has 96 valence electrons. The SMILES string of the molecule is CCNc1ncc2c(c1C)c(=O)oc1ccccc12. The molecule has 4 heteroatoms. The van der Waals surface area contributed by atoms with Crippen molar-refractivity contribution < 1.29 is 4.42 Å². The average molecular weight is 254 g/mol. The van der Waals surface area contributed by atoms with Crippen LogP contribution in [-0.4, -0.2) is 11.5 Å². The standard InChI is InChI=1S/C15H14N2O2/c1-3-16-14-9(2)13-11(8-17-14)10-6-4-5-7-12(10)19-15(13)18/h4-8H,3H2,1-2H3,(H,16,17). The van der Waals surface area contributed by atoms with Gasteiger partial charge in [0, 0.05) is 29.1 Å². The second-order valence-corrected chi connectivity index (χ2v) is 4.44. The van der Waals surface area contributed by atoms with Gasteiger partial charge in [0.15, 0.2) is 0 Å². The summed E-state index contributed by atoms with van der Waals surface area (Å²) < 4.78 is 5.38. The summed E-state index contributed by atoms with van der Waals surface area (Å²) >= 11 is 0. The van der Waals surface area contributed by atoms with E-state index in [9.17, 15) is 4.79 Å². The van der Waals surface area contributed by atoms with Crippen molar-refractivity contribution in [3.8, 4) is 0 Å². The summed E-state index contributed by atoms with van der Waals surface area (Å²) in [5.41, 5.74) is 1.11. The minimum Gasteiger partial charge on any atom is -0.422 e. The minimum atomic E-state index is -0.312. The van der Waals surface area contributed by atoms with Gasteiger partial charge in [-0.25, -0.2) is 9.78 Å². The van der Waals surface area contributed by atoms with Gasteiger partial charge in [-0.2, -0.15) is 0 Å². The fraction of sp³-hybridized carbons (Fsp3) is 0.200. The molecule has 3 rings (SSSR count). The maximum absolute atomic E-state index is 12.1. The lowest BCUT2D eigenvalue weighted by atomic mass is 10.1. The van der Waals surface area contributed by atoms with Gasteiger partial charge in [0.05, 0.1) is 5.39 Å². The molecule has 0 saturated heterocycles. The van der Waals surface area contributed by atoms with Gasteiger partial charge in [0.1, 0.15) is 11.4 Å². The summed E-state index contributed by atoms with van der Waals surface area (Å²) in [6, 6.07) is 7.51. The molecule has 19 heavy (non-hydrogen) atoms. The third-order valence-electron chi connectivity index (χ3n) is 3.25. The smallest absolute Gasteiger partial charge is 0.344 e. The molecule has 0 atom stereocenters. The number of nitrogens with one attached hydrogen (secondary N) is 1. The van der Waals surface area contributed by atoms with E-state index in [1.54, 1.807) is 12.3 Å². The van der Waals surface area contributed by atoms with E-state index in [0.717, 1.165) is 28.7 Å². The van der Waals surface area contributed by atoms with E-state index < -0.39 is 0 Å². The van der Waals surface area contributed by atoms with E-state index in [0.29, 0.717) is 11.0 Å². The monoisotopic (exact) mass is 254 g/mol. The van der Waals surface area contributed by atoms with Crippen LogP contribution in [0.3, 0.4) is 0 Å². The summed E-state index contributed by atoms with van der Waals surface area (Å²) in [7, 11) is 0. The molecule has 3 aromatic rings. The number of pyridine rings is 1. The molecular formula is C15H14N2O2. The van der Waals surface area contributed by atoms with Crippen molar-refractivity contribution >= 4 is 27.6 Å². The molecule has 0 bridgehead atoms.